The van der Waals surface area contributed by atoms with Crippen molar-refractivity contribution in [2.45, 2.75) is 21.1 Å². The summed E-state index contributed by atoms with van der Waals surface area (Å²) in [6.07, 6.45) is 0.431. The summed E-state index contributed by atoms with van der Waals surface area (Å²) < 4.78 is 6.12. The molecule has 0 radical (unpaired) electrons. The molecule has 3 rings (SSSR count). The van der Waals surface area contributed by atoms with Gasteiger partial charge in [0.05, 0.1) is 17.3 Å². The van der Waals surface area contributed by atoms with E-state index < -0.39 is 0 Å². The highest BCUT2D eigenvalue weighted by Crippen LogP contribution is 2.31. The number of alkyl halides is 1. The number of halogens is 1. The van der Waals surface area contributed by atoms with Gasteiger partial charge in [0, 0.05) is 4.43 Å². The molecule has 0 spiro atoms. The number of ether oxygens (including phenoxy) is 1. The van der Waals surface area contributed by atoms with Crippen LogP contribution < -0.4 is 4.74 Å². The first-order valence-corrected chi connectivity index (χ1v) is 10.7. The Hall–Kier alpha value is -1.79. The highest BCUT2D eigenvalue weighted by atomic mass is 127. The fourth-order valence-electron chi connectivity index (χ4n) is 2.42. The minimum Gasteiger partial charge on any atom is -0.427 e. The Kier molecular flexibility index (Phi) is 6.53. The van der Waals surface area contributed by atoms with Crippen LogP contribution in [0, 0.1) is 0 Å². The second-order valence-electron chi connectivity index (χ2n) is 5.32. The minimum atomic E-state index is -0.188. The van der Waals surface area contributed by atoms with Crippen LogP contribution in [0.25, 0.3) is 0 Å². The zero-order valence-electron chi connectivity index (χ0n) is 13.6. The molecule has 0 fully saturated rings. The average Bonchev–Trinajstić information content (AvgIpc) is 2.65. The smallest absolute Gasteiger partial charge is 0.311 e. The minimum absolute atomic E-state index is 0.181. The van der Waals surface area contributed by atoms with Crippen LogP contribution in [0.4, 0.5) is 0 Å². The summed E-state index contributed by atoms with van der Waals surface area (Å²) in [5.74, 6) is 0.413. The zero-order valence-corrected chi connectivity index (χ0v) is 16.6. The number of carbonyl (C=O) groups excluding carboxylic acids is 1. The van der Waals surface area contributed by atoms with Crippen LogP contribution in [0.15, 0.2) is 99.6 Å². The summed E-state index contributed by atoms with van der Waals surface area (Å²) in [4.78, 5) is 15.4. The summed E-state index contributed by atoms with van der Waals surface area (Å²) in [7, 11) is -0.181. The summed E-state index contributed by atoms with van der Waals surface area (Å²) >= 11 is 2.17. The molecule has 25 heavy (non-hydrogen) atoms. The molecule has 0 amide bonds. The zero-order chi connectivity index (χ0) is 17.5. The lowest BCUT2D eigenvalue weighted by Crippen LogP contribution is -2.08. The molecule has 0 aromatic heterocycles. The van der Waals surface area contributed by atoms with Crippen LogP contribution in [-0.2, 0) is 15.7 Å². The number of carbonyl (C=O) groups is 1. The monoisotopic (exact) mass is 461 g/mol. The Morgan fingerprint density at radius 2 is 1.24 bits per heavy atom. The molecule has 4 heteroatoms. The normalized spacial score (nSPS) is 10.6. The predicted molar refractivity (Wildman–Crippen MR) is 111 cm³/mol. The first-order chi connectivity index (χ1) is 12.3. The molecular weight excluding hydrogens is 443 g/mol. The Morgan fingerprint density at radius 3 is 1.72 bits per heavy atom. The SMILES string of the molecule is O=C(CCI)Oc1ccc([S+](c2ccccc2)c2ccccc2)cc1. The fourth-order valence-corrected chi connectivity index (χ4v) is 4.95. The van der Waals surface area contributed by atoms with Crippen LogP contribution >= 0.6 is 22.6 Å². The molecule has 0 atom stereocenters. The number of hydrogen-bond acceptors (Lipinski definition) is 2. The highest BCUT2D eigenvalue weighted by molar-refractivity contribution is 14.1. The number of benzene rings is 3. The Bertz CT molecular complexity index is 765. The van der Waals surface area contributed by atoms with Crippen molar-refractivity contribution in [2.24, 2.45) is 0 Å². The number of rotatable bonds is 6. The molecule has 0 N–H and O–H groups in total. The number of esters is 1. The summed E-state index contributed by atoms with van der Waals surface area (Å²) in [5.41, 5.74) is 0. The third kappa shape index (κ3) is 4.86. The van der Waals surface area contributed by atoms with Crippen LogP contribution in [-0.4, -0.2) is 10.4 Å². The van der Waals surface area contributed by atoms with Crippen LogP contribution in [0.1, 0.15) is 6.42 Å². The second kappa shape index (κ2) is 9.06. The topological polar surface area (TPSA) is 26.3 Å². The third-order valence-electron chi connectivity index (χ3n) is 3.55. The fraction of sp³-hybridized carbons (Fsp3) is 0.0952. The lowest BCUT2D eigenvalue weighted by molar-refractivity contribution is -0.133. The van der Waals surface area contributed by atoms with Gasteiger partial charge in [-0.3, -0.25) is 4.79 Å². The van der Waals surface area contributed by atoms with Crippen molar-refractivity contribution in [2.75, 3.05) is 4.43 Å². The standard InChI is InChI=1S/C21H18IO2S/c22-16-15-21(23)24-17-11-13-20(14-12-17)25(18-7-3-1-4-8-18)19-9-5-2-6-10-19/h1-14H,15-16H2/q+1. The molecule has 0 saturated carbocycles. The maximum Gasteiger partial charge on any atom is 0.311 e. The van der Waals surface area contributed by atoms with Crippen molar-refractivity contribution in [1.82, 2.24) is 0 Å². The van der Waals surface area contributed by atoms with E-state index in [0.29, 0.717) is 12.2 Å². The van der Waals surface area contributed by atoms with Gasteiger partial charge in [-0.15, -0.1) is 0 Å². The molecule has 0 aliphatic heterocycles. The van der Waals surface area contributed by atoms with Gasteiger partial charge in [-0.25, -0.2) is 0 Å². The van der Waals surface area contributed by atoms with E-state index in [1.807, 2.05) is 24.3 Å². The van der Waals surface area contributed by atoms with Crippen molar-refractivity contribution in [3.05, 3.63) is 84.9 Å². The molecule has 0 aliphatic carbocycles. The van der Waals surface area contributed by atoms with Gasteiger partial charge in [-0.2, -0.15) is 0 Å². The van der Waals surface area contributed by atoms with Gasteiger partial charge < -0.3 is 4.74 Å². The second-order valence-corrected chi connectivity index (χ2v) is 8.42. The van der Waals surface area contributed by atoms with Gasteiger partial charge in [-0.1, -0.05) is 59.0 Å². The van der Waals surface area contributed by atoms with E-state index in [9.17, 15) is 4.79 Å². The lowest BCUT2D eigenvalue weighted by Gasteiger charge is -2.09. The van der Waals surface area contributed by atoms with Crippen molar-refractivity contribution < 1.29 is 9.53 Å². The molecule has 0 saturated heterocycles. The average molecular weight is 461 g/mol. The van der Waals surface area contributed by atoms with E-state index in [0.717, 1.165) is 4.43 Å². The molecule has 0 unspecified atom stereocenters. The van der Waals surface area contributed by atoms with Gasteiger partial charge in [0.15, 0.2) is 14.7 Å². The van der Waals surface area contributed by atoms with Gasteiger partial charge in [-0.05, 0) is 48.5 Å². The quantitative estimate of drug-likeness (QED) is 0.159. The van der Waals surface area contributed by atoms with Crippen molar-refractivity contribution >= 4 is 39.5 Å². The lowest BCUT2D eigenvalue weighted by atomic mass is 10.3. The van der Waals surface area contributed by atoms with Gasteiger partial charge >= 0.3 is 5.97 Å². The van der Waals surface area contributed by atoms with E-state index >= 15 is 0 Å². The van der Waals surface area contributed by atoms with Gasteiger partial charge in [0.2, 0.25) is 0 Å². The van der Waals surface area contributed by atoms with Crippen molar-refractivity contribution in [1.29, 1.82) is 0 Å². The van der Waals surface area contributed by atoms with E-state index in [4.69, 9.17) is 4.74 Å². The van der Waals surface area contributed by atoms with Gasteiger partial charge in [0.1, 0.15) is 5.75 Å². The molecular formula is C21H18IO2S+. The molecule has 0 bridgehead atoms. The molecule has 3 aromatic carbocycles. The van der Waals surface area contributed by atoms with Crippen LogP contribution in [0.5, 0.6) is 5.75 Å². The van der Waals surface area contributed by atoms with Gasteiger partial charge in [0.25, 0.3) is 0 Å². The molecule has 0 heterocycles. The Balaban J connectivity index is 1.90. The molecule has 0 aliphatic rings. The van der Waals surface area contributed by atoms with Crippen molar-refractivity contribution in [3.8, 4) is 5.75 Å². The highest BCUT2D eigenvalue weighted by Gasteiger charge is 2.28. The van der Waals surface area contributed by atoms with E-state index in [-0.39, 0.29) is 16.9 Å². The molecule has 126 valence electrons. The molecule has 3 aromatic rings. The van der Waals surface area contributed by atoms with E-state index in [1.165, 1.54) is 14.7 Å². The summed E-state index contributed by atoms with van der Waals surface area (Å²) in [6.45, 7) is 0. The first kappa shape index (κ1) is 18.0. The summed E-state index contributed by atoms with van der Waals surface area (Å²) in [5, 5.41) is 0. The Morgan fingerprint density at radius 1 is 0.760 bits per heavy atom. The maximum atomic E-state index is 11.6. The largest absolute Gasteiger partial charge is 0.427 e. The van der Waals surface area contributed by atoms with E-state index in [1.54, 1.807) is 0 Å². The summed E-state index contributed by atoms with van der Waals surface area (Å²) in [6, 6.07) is 28.8. The first-order valence-electron chi connectivity index (χ1n) is 7.99. The Labute approximate surface area is 164 Å². The van der Waals surface area contributed by atoms with Crippen molar-refractivity contribution in [3.63, 3.8) is 0 Å². The third-order valence-corrected chi connectivity index (χ3v) is 6.32. The maximum absolute atomic E-state index is 11.6. The number of hydrogen-bond donors (Lipinski definition) is 0. The predicted octanol–water partition coefficient (Wildman–Crippen LogP) is 5.51. The van der Waals surface area contributed by atoms with E-state index in [2.05, 4.69) is 83.3 Å². The van der Waals surface area contributed by atoms with Crippen LogP contribution in [0.3, 0.4) is 0 Å². The molecule has 2 nitrogen and oxygen atoms in total. The van der Waals surface area contributed by atoms with Crippen LogP contribution in [0.2, 0.25) is 0 Å².